The summed E-state index contributed by atoms with van der Waals surface area (Å²) in [6.07, 6.45) is -0.515. The van der Waals surface area contributed by atoms with Gasteiger partial charge in [0.05, 0.1) is 18.1 Å². The summed E-state index contributed by atoms with van der Waals surface area (Å²) in [7, 11) is -2.44. The van der Waals surface area contributed by atoms with Gasteiger partial charge in [-0.3, -0.25) is 9.59 Å². The Kier molecular flexibility index (Phi) is 12.6. The molecule has 2 aromatic carbocycles. The standard InChI is InChI=1S/C34H52N2O6Si/c1-23(2)35-30(37)27-19-15-14-18-25(27)21-26(31(38)39)22-29(42-43(9,10)34(6,7)8)28(20-24-16-12-11-13-17-24)36-32(40)41-33(3,4)5/h11-19,23,26,28-29H,20-22H2,1-10H3,(H,35,37)(H,36,40)(H,38,39). The first-order chi connectivity index (χ1) is 19.8. The quantitative estimate of drug-likeness (QED) is 0.210. The highest BCUT2D eigenvalue weighted by atomic mass is 28.4. The van der Waals surface area contributed by atoms with Gasteiger partial charge in [0.2, 0.25) is 0 Å². The van der Waals surface area contributed by atoms with Crippen molar-refractivity contribution >= 4 is 26.3 Å². The van der Waals surface area contributed by atoms with E-state index in [0.29, 0.717) is 17.5 Å². The number of carboxylic acids is 1. The van der Waals surface area contributed by atoms with Gasteiger partial charge in [0, 0.05) is 11.6 Å². The number of carbonyl (C=O) groups excluding carboxylic acids is 2. The number of ether oxygens (including phenoxy) is 1. The summed E-state index contributed by atoms with van der Waals surface area (Å²) in [5.74, 6) is -2.10. The van der Waals surface area contributed by atoms with Crippen LogP contribution in [0.5, 0.6) is 0 Å². The molecule has 3 unspecified atom stereocenters. The maximum absolute atomic E-state index is 13.1. The van der Waals surface area contributed by atoms with Crippen LogP contribution >= 0.6 is 0 Å². The van der Waals surface area contributed by atoms with Crippen molar-refractivity contribution in [1.29, 1.82) is 0 Å². The largest absolute Gasteiger partial charge is 0.481 e. The SMILES string of the molecule is CC(C)NC(=O)c1ccccc1CC(CC(O[Si](C)(C)C(C)(C)C)C(Cc1ccccc1)NC(=O)OC(C)(C)C)C(=O)O. The molecule has 43 heavy (non-hydrogen) atoms. The molecular formula is C34H52N2O6Si. The first kappa shape index (κ1) is 36.0. The number of nitrogens with one attached hydrogen (secondary N) is 2. The van der Waals surface area contributed by atoms with Crippen LogP contribution < -0.4 is 10.6 Å². The zero-order valence-corrected chi connectivity index (χ0v) is 28.6. The summed E-state index contributed by atoms with van der Waals surface area (Å²) < 4.78 is 12.6. The van der Waals surface area contributed by atoms with E-state index in [1.807, 2.05) is 50.2 Å². The van der Waals surface area contributed by atoms with E-state index in [1.54, 1.807) is 39.0 Å². The van der Waals surface area contributed by atoms with E-state index in [-0.39, 0.29) is 29.8 Å². The van der Waals surface area contributed by atoms with Crippen LogP contribution in [-0.2, 0) is 26.8 Å². The molecule has 0 aliphatic heterocycles. The highest BCUT2D eigenvalue weighted by molar-refractivity contribution is 6.74. The molecule has 3 atom stereocenters. The molecule has 2 rings (SSSR count). The lowest BCUT2D eigenvalue weighted by atomic mass is 9.88. The van der Waals surface area contributed by atoms with Gasteiger partial charge in [-0.05, 0) is 89.2 Å². The smallest absolute Gasteiger partial charge is 0.407 e. The van der Waals surface area contributed by atoms with E-state index < -0.39 is 44.0 Å². The van der Waals surface area contributed by atoms with Crippen LogP contribution in [0.4, 0.5) is 4.79 Å². The number of amides is 2. The highest BCUT2D eigenvalue weighted by Crippen LogP contribution is 2.39. The monoisotopic (exact) mass is 612 g/mol. The van der Waals surface area contributed by atoms with Crippen LogP contribution in [0.1, 0.15) is 83.3 Å². The van der Waals surface area contributed by atoms with E-state index in [1.165, 1.54) is 0 Å². The van der Waals surface area contributed by atoms with Gasteiger partial charge in [-0.2, -0.15) is 0 Å². The van der Waals surface area contributed by atoms with Crippen LogP contribution in [-0.4, -0.2) is 55.2 Å². The number of benzene rings is 2. The number of hydrogen-bond acceptors (Lipinski definition) is 5. The molecule has 0 spiro atoms. The Morgan fingerprint density at radius 3 is 1.98 bits per heavy atom. The van der Waals surface area contributed by atoms with Gasteiger partial charge in [0.1, 0.15) is 5.60 Å². The topological polar surface area (TPSA) is 114 Å². The minimum atomic E-state index is -2.44. The van der Waals surface area contributed by atoms with E-state index in [9.17, 15) is 19.5 Å². The van der Waals surface area contributed by atoms with E-state index >= 15 is 0 Å². The van der Waals surface area contributed by atoms with Crippen LogP contribution in [0.15, 0.2) is 54.6 Å². The molecule has 0 aliphatic carbocycles. The third-order valence-corrected chi connectivity index (χ3v) is 12.2. The number of hydrogen-bond donors (Lipinski definition) is 3. The molecule has 0 heterocycles. The van der Waals surface area contributed by atoms with Crippen molar-refractivity contribution < 1.29 is 28.7 Å². The molecule has 0 saturated carbocycles. The number of aliphatic carboxylic acids is 1. The Labute approximate surface area is 259 Å². The Morgan fingerprint density at radius 1 is 0.860 bits per heavy atom. The fourth-order valence-electron chi connectivity index (χ4n) is 4.53. The molecule has 0 fully saturated rings. The molecule has 9 heteroatoms. The highest BCUT2D eigenvalue weighted by Gasteiger charge is 2.42. The number of rotatable bonds is 13. The van der Waals surface area contributed by atoms with Crippen molar-refractivity contribution in [3.05, 3.63) is 71.3 Å². The summed E-state index contributed by atoms with van der Waals surface area (Å²) in [4.78, 5) is 38.9. The maximum atomic E-state index is 13.1. The predicted molar refractivity (Wildman–Crippen MR) is 174 cm³/mol. The van der Waals surface area contributed by atoms with E-state index in [0.717, 1.165) is 5.56 Å². The summed E-state index contributed by atoms with van der Waals surface area (Å²) in [6.45, 7) is 19.8. The zero-order valence-electron chi connectivity index (χ0n) is 27.6. The number of alkyl carbamates (subject to hydrolysis) is 1. The Morgan fingerprint density at radius 2 is 1.44 bits per heavy atom. The lowest BCUT2D eigenvalue weighted by Gasteiger charge is -2.42. The van der Waals surface area contributed by atoms with Crippen molar-refractivity contribution in [3.8, 4) is 0 Å². The second-order valence-corrected chi connectivity index (χ2v) is 18.9. The first-order valence-corrected chi connectivity index (χ1v) is 18.0. The van der Waals surface area contributed by atoms with Crippen LogP contribution in [0.25, 0.3) is 0 Å². The average Bonchev–Trinajstić information content (AvgIpc) is 2.86. The first-order valence-electron chi connectivity index (χ1n) is 15.1. The fourth-order valence-corrected chi connectivity index (χ4v) is 5.90. The third kappa shape index (κ3) is 11.8. The lowest BCUT2D eigenvalue weighted by molar-refractivity contribution is -0.142. The molecule has 238 valence electrons. The normalized spacial score (nSPS) is 14.5. The van der Waals surface area contributed by atoms with E-state index in [2.05, 4.69) is 44.5 Å². The minimum absolute atomic E-state index is 0.0594. The second kappa shape index (κ2) is 15.0. The molecule has 0 radical (unpaired) electrons. The van der Waals surface area contributed by atoms with Crippen LogP contribution in [0.2, 0.25) is 18.1 Å². The van der Waals surface area contributed by atoms with Gasteiger partial charge in [-0.25, -0.2) is 4.79 Å². The predicted octanol–water partition coefficient (Wildman–Crippen LogP) is 6.98. The van der Waals surface area contributed by atoms with Gasteiger partial charge in [0.15, 0.2) is 8.32 Å². The molecule has 0 saturated heterocycles. The summed E-state index contributed by atoms with van der Waals surface area (Å²) in [5.41, 5.74) is 1.38. The van der Waals surface area contributed by atoms with Crippen molar-refractivity contribution in [1.82, 2.24) is 10.6 Å². The van der Waals surface area contributed by atoms with Crippen molar-refractivity contribution in [3.63, 3.8) is 0 Å². The third-order valence-electron chi connectivity index (χ3n) is 7.72. The van der Waals surface area contributed by atoms with Crippen molar-refractivity contribution in [2.75, 3.05) is 0 Å². The minimum Gasteiger partial charge on any atom is -0.481 e. The lowest BCUT2D eigenvalue weighted by Crippen LogP contribution is -2.54. The van der Waals surface area contributed by atoms with Crippen LogP contribution in [0.3, 0.4) is 0 Å². The second-order valence-electron chi connectivity index (χ2n) is 14.1. The summed E-state index contributed by atoms with van der Waals surface area (Å²) >= 11 is 0. The Hall–Kier alpha value is -3.17. The van der Waals surface area contributed by atoms with Gasteiger partial charge >= 0.3 is 12.1 Å². The fraction of sp³-hybridized carbons (Fsp3) is 0.559. The van der Waals surface area contributed by atoms with Gasteiger partial charge < -0.3 is 24.9 Å². The Balaban J connectivity index is 2.55. The van der Waals surface area contributed by atoms with E-state index in [4.69, 9.17) is 9.16 Å². The molecule has 2 amide bonds. The summed E-state index contributed by atoms with van der Waals surface area (Å²) in [6, 6.07) is 16.2. The van der Waals surface area contributed by atoms with Crippen LogP contribution in [0, 0.1) is 5.92 Å². The van der Waals surface area contributed by atoms with Crippen molar-refractivity contribution in [2.45, 2.75) is 117 Å². The maximum Gasteiger partial charge on any atom is 0.407 e. The number of carboxylic acid groups (broad SMARTS) is 1. The zero-order chi connectivity index (χ0) is 32.6. The molecule has 3 N–H and O–H groups in total. The molecular weight excluding hydrogens is 560 g/mol. The summed E-state index contributed by atoms with van der Waals surface area (Å²) in [5, 5.41) is 16.3. The van der Waals surface area contributed by atoms with Gasteiger partial charge in [0.25, 0.3) is 5.91 Å². The van der Waals surface area contributed by atoms with Gasteiger partial charge in [-0.15, -0.1) is 0 Å². The average molecular weight is 613 g/mol. The Bertz CT molecular complexity index is 1220. The molecule has 0 bridgehead atoms. The molecule has 0 aromatic heterocycles. The number of carbonyl (C=O) groups is 3. The molecule has 8 nitrogen and oxygen atoms in total. The van der Waals surface area contributed by atoms with Gasteiger partial charge in [-0.1, -0.05) is 69.3 Å². The van der Waals surface area contributed by atoms with Crippen molar-refractivity contribution in [2.24, 2.45) is 5.92 Å². The molecule has 2 aromatic rings. The molecule has 0 aliphatic rings.